The number of amides is 2. The van der Waals surface area contributed by atoms with Gasteiger partial charge in [-0.15, -0.1) is 0 Å². The van der Waals surface area contributed by atoms with Crippen molar-refractivity contribution in [3.63, 3.8) is 0 Å². The molecule has 7 rings (SSSR count). The summed E-state index contributed by atoms with van der Waals surface area (Å²) in [4.78, 5) is 29.1. The number of nitrogens with zero attached hydrogens (tertiary/aromatic N) is 1. The number of carbonyl (C=O) groups is 2. The van der Waals surface area contributed by atoms with E-state index in [1.165, 1.54) is 12.1 Å². The van der Waals surface area contributed by atoms with Gasteiger partial charge in [0.05, 0.1) is 35.3 Å². The highest BCUT2D eigenvalue weighted by Gasteiger charge is 2.59. The van der Waals surface area contributed by atoms with Crippen molar-refractivity contribution in [2.24, 2.45) is 17.8 Å². The minimum absolute atomic E-state index is 0.0437. The smallest absolute Gasteiger partial charge is 0.461 e. The topological polar surface area (TPSA) is 109 Å². The number of allylic oxidation sites excluding steroid dienone is 1. The average Bonchev–Trinajstić information content (AvgIpc) is 3.73. The fraction of sp³-hybridized carbons (Fsp3) is 0.350. The maximum atomic E-state index is 14.4. The summed E-state index contributed by atoms with van der Waals surface area (Å²) >= 11 is 0. The summed E-state index contributed by atoms with van der Waals surface area (Å²) in [6.45, 7) is 5.62. The molecular weight excluding hydrogens is 759 g/mol. The Balaban J connectivity index is 1.34. The van der Waals surface area contributed by atoms with Crippen LogP contribution in [-0.2, 0) is 37.6 Å². The maximum Gasteiger partial charge on any atom is 0.487 e. The maximum absolute atomic E-state index is 14.4. The SMILES string of the molecule is CC(C)(C)[Si](OCC1=C2B(O)O[C@H](c3ccc(CO)o3)C[C@H]2[C@H]2C(=O)N(c3cc(C(F)(F)F)cc(C(F)(F)F)c3)C(=O)[C@H]2C1)(c1ccccc1)c1ccccc1. The van der Waals surface area contributed by atoms with E-state index in [1.54, 1.807) is 0 Å². The molecule has 1 aromatic heterocycles. The fourth-order valence-electron chi connectivity index (χ4n) is 8.66. The molecule has 2 amide bonds. The molecule has 0 bridgehead atoms. The molecule has 3 aromatic carbocycles. The zero-order valence-corrected chi connectivity index (χ0v) is 31.5. The van der Waals surface area contributed by atoms with E-state index >= 15 is 0 Å². The number of aliphatic hydroxyl groups excluding tert-OH is 1. The van der Waals surface area contributed by atoms with Crippen LogP contribution in [0.1, 0.15) is 62.4 Å². The van der Waals surface area contributed by atoms with Gasteiger partial charge in [-0.25, -0.2) is 4.90 Å². The van der Waals surface area contributed by atoms with Crippen molar-refractivity contribution in [1.82, 2.24) is 0 Å². The molecule has 16 heteroatoms. The van der Waals surface area contributed by atoms with Gasteiger partial charge in [-0.05, 0) is 75.5 Å². The van der Waals surface area contributed by atoms with Crippen molar-refractivity contribution in [3.8, 4) is 0 Å². The van der Waals surface area contributed by atoms with Gasteiger partial charge >= 0.3 is 19.5 Å². The largest absolute Gasteiger partial charge is 0.487 e. The van der Waals surface area contributed by atoms with Crippen LogP contribution >= 0.6 is 0 Å². The molecule has 3 aliphatic rings. The van der Waals surface area contributed by atoms with Crippen LogP contribution in [0.2, 0.25) is 5.04 Å². The summed E-state index contributed by atoms with van der Waals surface area (Å²) in [7, 11) is -4.88. The first-order valence-electron chi connectivity index (χ1n) is 18.0. The molecule has 0 saturated carbocycles. The van der Waals surface area contributed by atoms with E-state index in [1.807, 2.05) is 60.7 Å². The highest BCUT2D eigenvalue weighted by molar-refractivity contribution is 6.99. The number of aliphatic hydroxyl groups is 1. The van der Waals surface area contributed by atoms with E-state index in [9.17, 15) is 46.1 Å². The lowest BCUT2D eigenvalue weighted by Crippen LogP contribution is -2.66. The molecule has 2 N–H and O–H groups in total. The molecule has 4 atom stereocenters. The van der Waals surface area contributed by atoms with Crippen LogP contribution in [0.3, 0.4) is 0 Å². The molecule has 294 valence electrons. The van der Waals surface area contributed by atoms with Gasteiger partial charge in [0, 0.05) is 0 Å². The number of fused-ring (bicyclic) bond motifs is 3. The van der Waals surface area contributed by atoms with E-state index in [0.717, 1.165) is 10.4 Å². The normalized spacial score (nSPS) is 22.1. The zero-order chi connectivity index (χ0) is 40.4. The Morgan fingerprint density at radius 1 is 0.821 bits per heavy atom. The Morgan fingerprint density at radius 3 is 1.89 bits per heavy atom. The zero-order valence-electron chi connectivity index (χ0n) is 30.5. The van der Waals surface area contributed by atoms with Gasteiger partial charge < -0.3 is 23.6 Å². The number of alkyl halides is 6. The standard InChI is InChI=1S/C40H38BF6NO7Si/c1-38(2,3)56(28-10-6-4-7-11-28,29-12-8-5-9-13-29)53-22-23-16-31-34(30-20-33(55-41(52)35(23)30)32-15-14-27(21-49)54-32)37(51)48(36(31)50)26-18-24(39(42,43)44)17-25(19-26)40(45,46)47/h4-15,17-19,30-31,33-34,49,52H,16,20-22H2,1-3H3/t30-,31-,33-,34+/m0/s1. The third-order valence-electron chi connectivity index (χ3n) is 11.1. The summed E-state index contributed by atoms with van der Waals surface area (Å²) in [5.74, 6) is -5.00. The molecule has 2 aliphatic heterocycles. The van der Waals surface area contributed by atoms with Crippen molar-refractivity contribution < 1.29 is 59.6 Å². The van der Waals surface area contributed by atoms with Crippen LogP contribution < -0.4 is 15.3 Å². The molecule has 56 heavy (non-hydrogen) atoms. The lowest BCUT2D eigenvalue weighted by molar-refractivity contribution is -0.143. The first-order valence-corrected chi connectivity index (χ1v) is 19.9. The van der Waals surface area contributed by atoms with Gasteiger partial charge in [0.2, 0.25) is 11.8 Å². The molecule has 8 nitrogen and oxygen atoms in total. The Kier molecular flexibility index (Phi) is 10.3. The first-order chi connectivity index (χ1) is 26.3. The molecule has 3 heterocycles. The quantitative estimate of drug-likeness (QED) is 0.113. The van der Waals surface area contributed by atoms with Crippen LogP contribution in [0.4, 0.5) is 32.0 Å². The summed E-state index contributed by atoms with van der Waals surface area (Å²) in [5, 5.41) is 22.7. The van der Waals surface area contributed by atoms with Crippen molar-refractivity contribution in [2.75, 3.05) is 11.5 Å². The van der Waals surface area contributed by atoms with Crippen molar-refractivity contribution in [2.45, 2.75) is 63.7 Å². The second-order valence-electron chi connectivity index (χ2n) is 15.4. The Morgan fingerprint density at radius 2 is 1.39 bits per heavy atom. The molecular formula is C40H38BF6NO7Si. The number of halogens is 6. The summed E-state index contributed by atoms with van der Waals surface area (Å²) < 4.78 is 102. The summed E-state index contributed by atoms with van der Waals surface area (Å²) in [6, 6.07) is 23.0. The van der Waals surface area contributed by atoms with Crippen LogP contribution in [0.25, 0.3) is 0 Å². The van der Waals surface area contributed by atoms with Crippen LogP contribution in [-0.4, -0.2) is 44.0 Å². The second kappa shape index (κ2) is 14.5. The van der Waals surface area contributed by atoms with Crippen LogP contribution in [0, 0.1) is 17.8 Å². The Labute approximate surface area is 320 Å². The van der Waals surface area contributed by atoms with Gasteiger partial charge in [-0.1, -0.05) is 81.4 Å². The van der Waals surface area contributed by atoms with Gasteiger partial charge in [0.15, 0.2) is 0 Å². The van der Waals surface area contributed by atoms with Crippen molar-refractivity contribution in [1.29, 1.82) is 0 Å². The number of carbonyl (C=O) groups excluding carboxylic acids is 2. The fourth-order valence-corrected chi connectivity index (χ4v) is 13.2. The average molecular weight is 798 g/mol. The summed E-state index contributed by atoms with van der Waals surface area (Å²) in [6.07, 6.45) is -11.6. The highest BCUT2D eigenvalue weighted by Crippen LogP contribution is 2.53. The van der Waals surface area contributed by atoms with Crippen molar-refractivity contribution >= 4 is 43.3 Å². The third-order valence-corrected chi connectivity index (χ3v) is 16.1. The van der Waals surface area contributed by atoms with E-state index in [0.29, 0.717) is 22.6 Å². The van der Waals surface area contributed by atoms with E-state index in [4.69, 9.17) is 13.5 Å². The van der Waals surface area contributed by atoms with E-state index in [2.05, 4.69) is 20.8 Å². The predicted molar refractivity (Wildman–Crippen MR) is 196 cm³/mol. The Bertz CT molecular complexity index is 2080. The highest BCUT2D eigenvalue weighted by atomic mass is 28.4. The lowest BCUT2D eigenvalue weighted by Gasteiger charge is -2.45. The number of anilines is 1. The van der Waals surface area contributed by atoms with Gasteiger partial charge in [-0.2, -0.15) is 26.3 Å². The lowest BCUT2D eigenvalue weighted by atomic mass is 9.55. The van der Waals surface area contributed by atoms with E-state index < -0.39 is 91.9 Å². The van der Waals surface area contributed by atoms with Crippen LogP contribution in [0.15, 0.2) is 106 Å². The molecule has 0 unspecified atom stereocenters. The second-order valence-corrected chi connectivity index (χ2v) is 19.7. The number of furan rings is 1. The molecule has 0 radical (unpaired) electrons. The minimum atomic E-state index is -5.22. The third kappa shape index (κ3) is 6.95. The molecule has 0 spiro atoms. The minimum Gasteiger partial charge on any atom is -0.461 e. The van der Waals surface area contributed by atoms with E-state index in [-0.39, 0.29) is 42.5 Å². The van der Waals surface area contributed by atoms with Gasteiger partial charge in [-0.3, -0.25) is 9.59 Å². The number of imide groups is 1. The predicted octanol–water partition coefficient (Wildman–Crippen LogP) is 6.99. The number of hydrogen-bond donors (Lipinski definition) is 2. The molecule has 1 aliphatic carbocycles. The monoisotopic (exact) mass is 797 g/mol. The molecule has 4 aromatic rings. The number of rotatable bonds is 8. The molecule has 2 saturated heterocycles. The summed E-state index contributed by atoms with van der Waals surface area (Å²) in [5.41, 5.74) is -3.50. The van der Waals surface area contributed by atoms with Gasteiger partial charge in [0.25, 0.3) is 8.32 Å². The van der Waals surface area contributed by atoms with Crippen molar-refractivity contribution in [3.05, 3.63) is 125 Å². The first kappa shape index (κ1) is 39.7. The number of hydrogen-bond acceptors (Lipinski definition) is 7. The number of benzene rings is 3. The molecule has 2 fully saturated rings. The Hall–Kier alpha value is -4.48. The van der Waals surface area contributed by atoms with Gasteiger partial charge in [0.1, 0.15) is 24.2 Å². The van der Waals surface area contributed by atoms with Crippen LogP contribution in [0.5, 0.6) is 0 Å².